The Kier molecular flexibility index (Phi) is 9.47. The van der Waals surface area contributed by atoms with E-state index in [2.05, 4.69) is 5.32 Å². The number of carbonyl (C=O) groups excluding carboxylic acids is 2. The summed E-state index contributed by atoms with van der Waals surface area (Å²) in [6.07, 6.45) is 6.71. The summed E-state index contributed by atoms with van der Waals surface area (Å²) >= 11 is 0. The first-order chi connectivity index (χ1) is 18.0. The van der Waals surface area contributed by atoms with Gasteiger partial charge in [-0.2, -0.15) is 0 Å². The van der Waals surface area contributed by atoms with Crippen LogP contribution in [0, 0.1) is 12.7 Å². The maximum atomic E-state index is 13.8. The number of hydrogen-bond acceptors (Lipinski definition) is 2. The lowest BCUT2D eigenvalue weighted by atomic mass is 9.94. The van der Waals surface area contributed by atoms with Gasteiger partial charge in [0, 0.05) is 25.4 Å². The second-order valence-electron chi connectivity index (χ2n) is 10.2. The summed E-state index contributed by atoms with van der Waals surface area (Å²) in [5, 5.41) is 3.26. The van der Waals surface area contributed by atoms with Gasteiger partial charge >= 0.3 is 0 Å². The fraction of sp³-hybridized carbons (Fsp3) is 0.375. The highest BCUT2D eigenvalue weighted by molar-refractivity contribution is 5.88. The molecular weight excluding hydrogens is 463 g/mol. The molecule has 1 aliphatic carbocycles. The monoisotopic (exact) mass is 500 g/mol. The summed E-state index contributed by atoms with van der Waals surface area (Å²) in [6, 6.07) is 23.7. The molecule has 0 aliphatic heterocycles. The maximum absolute atomic E-state index is 13.8. The number of benzene rings is 3. The molecule has 0 aromatic heterocycles. The van der Waals surface area contributed by atoms with Gasteiger partial charge in [0.05, 0.1) is 0 Å². The Morgan fingerprint density at radius 1 is 0.865 bits per heavy atom. The van der Waals surface area contributed by atoms with E-state index in [1.807, 2.05) is 61.5 Å². The van der Waals surface area contributed by atoms with E-state index in [0.717, 1.165) is 42.4 Å². The Morgan fingerprint density at radius 3 is 2.19 bits per heavy atom. The summed E-state index contributed by atoms with van der Waals surface area (Å²) in [4.78, 5) is 29.2. The zero-order valence-electron chi connectivity index (χ0n) is 21.7. The van der Waals surface area contributed by atoms with Crippen LogP contribution in [0.2, 0.25) is 0 Å². The summed E-state index contributed by atoms with van der Waals surface area (Å²) in [5.74, 6) is -0.511. The van der Waals surface area contributed by atoms with Crippen LogP contribution in [-0.2, 0) is 29.0 Å². The van der Waals surface area contributed by atoms with E-state index in [9.17, 15) is 14.0 Å². The lowest BCUT2D eigenvalue weighted by Gasteiger charge is -2.33. The fourth-order valence-electron chi connectivity index (χ4n) is 5.03. The molecule has 0 heterocycles. The molecule has 0 unspecified atom stereocenters. The smallest absolute Gasteiger partial charge is 0.243 e. The molecule has 194 valence electrons. The van der Waals surface area contributed by atoms with Crippen LogP contribution in [0.4, 0.5) is 4.39 Å². The molecule has 0 bridgehead atoms. The number of aryl methyl sites for hydroxylation is 2. The standard InChI is InChI=1S/C32H37FN2O2/c1-24-12-14-25(15-13-24)18-21-31(36)35(23-27-16-19-28(33)20-17-27)30(22-26-8-4-2-5-9-26)32(37)34-29-10-6-3-7-11-29/h2,4-5,8-9,12-17,19-20,29-30H,3,6-7,10-11,18,21-23H2,1H3,(H,34,37)/t30-/m0/s1. The molecule has 0 spiro atoms. The molecule has 0 saturated heterocycles. The molecule has 1 aliphatic rings. The predicted molar refractivity (Wildman–Crippen MR) is 145 cm³/mol. The van der Waals surface area contributed by atoms with Gasteiger partial charge in [-0.15, -0.1) is 0 Å². The van der Waals surface area contributed by atoms with Crippen LogP contribution in [0.5, 0.6) is 0 Å². The van der Waals surface area contributed by atoms with Crippen LogP contribution in [0.3, 0.4) is 0 Å². The van der Waals surface area contributed by atoms with E-state index in [0.29, 0.717) is 19.3 Å². The summed E-state index contributed by atoms with van der Waals surface area (Å²) in [6.45, 7) is 2.29. The van der Waals surface area contributed by atoms with Crippen molar-refractivity contribution >= 4 is 11.8 Å². The fourth-order valence-corrected chi connectivity index (χ4v) is 5.03. The van der Waals surface area contributed by atoms with Crippen LogP contribution in [0.25, 0.3) is 0 Å². The van der Waals surface area contributed by atoms with Gasteiger partial charge in [0.25, 0.3) is 0 Å². The summed E-state index contributed by atoms with van der Waals surface area (Å²) in [5.41, 5.74) is 4.07. The van der Waals surface area contributed by atoms with Crippen molar-refractivity contribution in [3.8, 4) is 0 Å². The number of carbonyl (C=O) groups is 2. The minimum atomic E-state index is -0.653. The van der Waals surface area contributed by atoms with Crippen LogP contribution < -0.4 is 5.32 Å². The van der Waals surface area contributed by atoms with Crippen molar-refractivity contribution in [1.29, 1.82) is 0 Å². The molecule has 3 aromatic rings. The van der Waals surface area contributed by atoms with Crippen LogP contribution in [0.1, 0.15) is 60.8 Å². The van der Waals surface area contributed by atoms with Crippen molar-refractivity contribution in [3.63, 3.8) is 0 Å². The van der Waals surface area contributed by atoms with Gasteiger partial charge in [0.15, 0.2) is 0 Å². The highest BCUT2D eigenvalue weighted by Gasteiger charge is 2.31. The van der Waals surface area contributed by atoms with Gasteiger partial charge in [0.1, 0.15) is 11.9 Å². The molecule has 4 rings (SSSR count). The molecule has 1 saturated carbocycles. The molecule has 3 aromatic carbocycles. The van der Waals surface area contributed by atoms with E-state index in [-0.39, 0.29) is 30.2 Å². The Bertz CT molecular complexity index is 1140. The van der Waals surface area contributed by atoms with Gasteiger partial charge in [-0.25, -0.2) is 4.39 Å². The lowest BCUT2D eigenvalue weighted by molar-refractivity contribution is -0.141. The second-order valence-corrected chi connectivity index (χ2v) is 10.2. The Hall–Kier alpha value is -3.47. The number of nitrogens with zero attached hydrogens (tertiary/aromatic N) is 1. The van der Waals surface area contributed by atoms with Crippen LogP contribution in [0.15, 0.2) is 78.9 Å². The SMILES string of the molecule is Cc1ccc(CCC(=O)N(Cc2ccc(F)cc2)[C@@H](Cc2ccccc2)C(=O)NC2CCCCC2)cc1. The first kappa shape index (κ1) is 26.6. The Balaban J connectivity index is 1.59. The quantitative estimate of drug-likeness (QED) is 0.363. The first-order valence-electron chi connectivity index (χ1n) is 13.4. The summed E-state index contributed by atoms with van der Waals surface area (Å²) in [7, 11) is 0. The normalized spacial score (nSPS) is 14.6. The molecule has 1 N–H and O–H groups in total. The molecule has 1 fully saturated rings. The molecule has 0 radical (unpaired) electrons. The van der Waals surface area contributed by atoms with Gasteiger partial charge in [-0.3, -0.25) is 9.59 Å². The molecule has 2 amide bonds. The zero-order valence-corrected chi connectivity index (χ0v) is 21.7. The third-order valence-corrected chi connectivity index (χ3v) is 7.24. The Labute approximate surface area is 219 Å². The molecule has 4 nitrogen and oxygen atoms in total. The van der Waals surface area contributed by atoms with Gasteiger partial charge in [0.2, 0.25) is 11.8 Å². The van der Waals surface area contributed by atoms with Gasteiger partial charge in [-0.1, -0.05) is 91.6 Å². The van der Waals surface area contributed by atoms with E-state index in [1.54, 1.807) is 17.0 Å². The largest absolute Gasteiger partial charge is 0.352 e. The molecular formula is C32H37FN2O2. The van der Waals surface area contributed by atoms with Gasteiger partial charge in [-0.05, 0) is 55.0 Å². The third kappa shape index (κ3) is 8.01. The minimum Gasteiger partial charge on any atom is -0.352 e. The lowest BCUT2D eigenvalue weighted by Crippen LogP contribution is -2.52. The van der Waals surface area contributed by atoms with E-state index in [4.69, 9.17) is 0 Å². The molecule has 5 heteroatoms. The third-order valence-electron chi connectivity index (χ3n) is 7.24. The first-order valence-corrected chi connectivity index (χ1v) is 13.4. The summed E-state index contributed by atoms with van der Waals surface area (Å²) < 4.78 is 13.6. The molecule has 37 heavy (non-hydrogen) atoms. The average molecular weight is 501 g/mol. The minimum absolute atomic E-state index is 0.0791. The number of nitrogens with one attached hydrogen (secondary N) is 1. The number of amides is 2. The number of hydrogen-bond donors (Lipinski definition) is 1. The van der Waals surface area contributed by atoms with Crippen molar-refractivity contribution in [1.82, 2.24) is 10.2 Å². The number of halogens is 1. The number of rotatable bonds is 10. The van der Waals surface area contributed by atoms with Crippen LogP contribution >= 0.6 is 0 Å². The highest BCUT2D eigenvalue weighted by Crippen LogP contribution is 2.21. The topological polar surface area (TPSA) is 49.4 Å². The van der Waals surface area contributed by atoms with Crippen molar-refractivity contribution in [2.75, 3.05) is 0 Å². The Morgan fingerprint density at radius 2 is 1.51 bits per heavy atom. The second kappa shape index (κ2) is 13.2. The van der Waals surface area contributed by atoms with Crippen LogP contribution in [-0.4, -0.2) is 28.8 Å². The highest BCUT2D eigenvalue weighted by atomic mass is 19.1. The van der Waals surface area contributed by atoms with E-state index in [1.165, 1.54) is 24.1 Å². The van der Waals surface area contributed by atoms with E-state index >= 15 is 0 Å². The average Bonchev–Trinajstić information content (AvgIpc) is 2.92. The van der Waals surface area contributed by atoms with Crippen molar-refractivity contribution in [2.45, 2.75) is 76.9 Å². The zero-order chi connectivity index (χ0) is 26.0. The van der Waals surface area contributed by atoms with E-state index < -0.39 is 6.04 Å². The van der Waals surface area contributed by atoms with Crippen molar-refractivity contribution in [3.05, 3.63) is 107 Å². The molecule has 1 atom stereocenters. The maximum Gasteiger partial charge on any atom is 0.243 e. The van der Waals surface area contributed by atoms with Crippen molar-refractivity contribution < 1.29 is 14.0 Å². The van der Waals surface area contributed by atoms with Gasteiger partial charge < -0.3 is 10.2 Å². The predicted octanol–water partition coefficient (Wildman–Crippen LogP) is 6.16. The van der Waals surface area contributed by atoms with Crippen molar-refractivity contribution in [2.24, 2.45) is 0 Å².